The summed E-state index contributed by atoms with van der Waals surface area (Å²) in [4.78, 5) is 4.47. The summed E-state index contributed by atoms with van der Waals surface area (Å²) in [6, 6.07) is 6.37. The third-order valence-electron chi connectivity index (χ3n) is 4.16. The highest BCUT2D eigenvalue weighted by molar-refractivity contribution is 5.46. The minimum absolute atomic E-state index is 0.290. The Labute approximate surface area is 134 Å². The first-order valence-electron chi connectivity index (χ1n) is 7.95. The highest BCUT2D eigenvalue weighted by Crippen LogP contribution is 2.32. The molecule has 0 amide bonds. The molecule has 2 aliphatic rings. The van der Waals surface area contributed by atoms with Gasteiger partial charge in [0, 0.05) is 12.6 Å². The van der Waals surface area contributed by atoms with Crippen molar-refractivity contribution >= 4 is 11.8 Å². The van der Waals surface area contributed by atoms with Crippen molar-refractivity contribution < 1.29 is 9.47 Å². The van der Waals surface area contributed by atoms with E-state index in [1.54, 1.807) is 6.20 Å². The number of aromatic nitrogens is 3. The van der Waals surface area contributed by atoms with E-state index < -0.39 is 0 Å². The molecule has 1 aromatic heterocycles. The zero-order valence-electron chi connectivity index (χ0n) is 12.8. The molecule has 1 aliphatic carbocycles. The Balaban J connectivity index is 1.38. The summed E-state index contributed by atoms with van der Waals surface area (Å²) in [7, 11) is 0. The first kappa shape index (κ1) is 14.0. The zero-order chi connectivity index (χ0) is 15.5. The van der Waals surface area contributed by atoms with Gasteiger partial charge < -0.3 is 20.1 Å². The molecule has 1 aliphatic heterocycles. The Bertz CT molecular complexity index is 688. The maximum Gasteiger partial charge on any atom is 0.244 e. The molecule has 4 rings (SSSR count). The summed E-state index contributed by atoms with van der Waals surface area (Å²) in [5.74, 6) is 2.87. The van der Waals surface area contributed by atoms with Crippen molar-refractivity contribution in [3.63, 3.8) is 0 Å². The van der Waals surface area contributed by atoms with Gasteiger partial charge in [-0.25, -0.2) is 0 Å². The SMILES string of the molecule is c1cc2c(cc1CNc1cnnc(NC3CCCC3)n1)OCO2. The second-order valence-electron chi connectivity index (χ2n) is 5.83. The molecule has 1 fully saturated rings. The molecule has 0 saturated heterocycles. The molecule has 0 radical (unpaired) electrons. The molecule has 7 nitrogen and oxygen atoms in total. The lowest BCUT2D eigenvalue weighted by Gasteiger charge is -2.12. The number of fused-ring (bicyclic) bond motifs is 1. The molecule has 1 aromatic carbocycles. The number of benzene rings is 1. The van der Waals surface area contributed by atoms with Gasteiger partial charge in [0.25, 0.3) is 0 Å². The van der Waals surface area contributed by atoms with E-state index in [9.17, 15) is 0 Å². The van der Waals surface area contributed by atoms with Crippen LogP contribution in [0.4, 0.5) is 11.8 Å². The zero-order valence-corrected chi connectivity index (χ0v) is 12.8. The summed E-state index contributed by atoms with van der Waals surface area (Å²) in [6.45, 7) is 0.927. The van der Waals surface area contributed by atoms with Gasteiger partial charge in [0.2, 0.25) is 12.7 Å². The Hall–Kier alpha value is -2.57. The fraction of sp³-hybridized carbons (Fsp3) is 0.438. The number of ether oxygens (including phenoxy) is 2. The van der Waals surface area contributed by atoms with Crippen molar-refractivity contribution in [1.29, 1.82) is 0 Å². The van der Waals surface area contributed by atoms with Crippen LogP contribution < -0.4 is 20.1 Å². The maximum absolute atomic E-state index is 5.39. The second kappa shape index (κ2) is 6.28. The number of nitrogens with one attached hydrogen (secondary N) is 2. The topological polar surface area (TPSA) is 81.2 Å². The summed E-state index contributed by atoms with van der Waals surface area (Å²) >= 11 is 0. The fourth-order valence-electron chi connectivity index (χ4n) is 2.95. The first-order chi connectivity index (χ1) is 11.4. The second-order valence-corrected chi connectivity index (χ2v) is 5.83. The minimum atomic E-state index is 0.290. The molecule has 0 spiro atoms. The number of rotatable bonds is 5. The molecule has 0 atom stereocenters. The Morgan fingerprint density at radius 3 is 2.91 bits per heavy atom. The van der Waals surface area contributed by atoms with Crippen LogP contribution in [0.2, 0.25) is 0 Å². The summed E-state index contributed by atoms with van der Waals surface area (Å²) in [5, 5.41) is 14.7. The van der Waals surface area contributed by atoms with Crippen LogP contribution in [0, 0.1) is 0 Å². The van der Waals surface area contributed by atoms with E-state index in [1.807, 2.05) is 18.2 Å². The standard InChI is InChI=1S/C16H19N5O2/c1-2-4-12(3-1)19-16-20-15(9-18-21-16)17-8-11-5-6-13-14(7-11)23-10-22-13/h5-7,9,12H,1-4,8,10H2,(H2,17,19,20,21). The minimum Gasteiger partial charge on any atom is -0.454 e. The lowest BCUT2D eigenvalue weighted by atomic mass is 10.2. The van der Waals surface area contributed by atoms with Crippen LogP contribution in [0.25, 0.3) is 0 Å². The number of hydrogen-bond donors (Lipinski definition) is 2. The van der Waals surface area contributed by atoms with Gasteiger partial charge in [-0.1, -0.05) is 18.9 Å². The highest BCUT2D eigenvalue weighted by Gasteiger charge is 2.16. The van der Waals surface area contributed by atoms with Gasteiger partial charge in [0.15, 0.2) is 17.3 Å². The number of nitrogens with zero attached hydrogens (tertiary/aromatic N) is 3. The smallest absolute Gasteiger partial charge is 0.244 e. The van der Waals surface area contributed by atoms with Crippen LogP contribution in [0.15, 0.2) is 24.4 Å². The van der Waals surface area contributed by atoms with E-state index in [0.717, 1.165) is 17.1 Å². The average molecular weight is 313 g/mol. The van der Waals surface area contributed by atoms with Gasteiger partial charge in [-0.05, 0) is 30.5 Å². The van der Waals surface area contributed by atoms with Gasteiger partial charge in [-0.2, -0.15) is 10.1 Å². The molecule has 2 heterocycles. The Morgan fingerprint density at radius 1 is 1.13 bits per heavy atom. The largest absolute Gasteiger partial charge is 0.454 e. The van der Waals surface area contributed by atoms with E-state index in [-0.39, 0.29) is 6.79 Å². The van der Waals surface area contributed by atoms with Gasteiger partial charge in [-0.15, -0.1) is 5.10 Å². The van der Waals surface area contributed by atoms with Gasteiger partial charge >= 0.3 is 0 Å². The molecule has 1 saturated carbocycles. The highest BCUT2D eigenvalue weighted by atomic mass is 16.7. The summed E-state index contributed by atoms with van der Waals surface area (Å²) in [5.41, 5.74) is 1.10. The van der Waals surface area contributed by atoms with E-state index in [4.69, 9.17) is 9.47 Å². The fourth-order valence-corrected chi connectivity index (χ4v) is 2.95. The Kier molecular flexibility index (Phi) is 3.83. The molecule has 2 N–H and O–H groups in total. The molecule has 23 heavy (non-hydrogen) atoms. The lowest BCUT2D eigenvalue weighted by Crippen LogP contribution is -2.17. The van der Waals surface area contributed by atoms with E-state index in [2.05, 4.69) is 25.8 Å². The van der Waals surface area contributed by atoms with Crippen molar-refractivity contribution in [2.24, 2.45) is 0 Å². The summed E-state index contributed by atoms with van der Waals surface area (Å²) < 4.78 is 10.7. The van der Waals surface area contributed by atoms with Crippen LogP contribution in [0.1, 0.15) is 31.2 Å². The quantitative estimate of drug-likeness (QED) is 0.878. The van der Waals surface area contributed by atoms with Crippen LogP contribution in [0.5, 0.6) is 11.5 Å². The number of hydrogen-bond acceptors (Lipinski definition) is 7. The number of anilines is 2. The first-order valence-corrected chi connectivity index (χ1v) is 7.95. The van der Waals surface area contributed by atoms with Crippen LogP contribution in [-0.4, -0.2) is 28.0 Å². The van der Waals surface area contributed by atoms with E-state index in [1.165, 1.54) is 25.7 Å². The van der Waals surface area contributed by atoms with Crippen molar-refractivity contribution in [3.8, 4) is 11.5 Å². The van der Waals surface area contributed by atoms with Crippen molar-refractivity contribution in [1.82, 2.24) is 15.2 Å². The molecule has 120 valence electrons. The third-order valence-corrected chi connectivity index (χ3v) is 4.16. The molecule has 2 aromatic rings. The molecular weight excluding hydrogens is 294 g/mol. The van der Waals surface area contributed by atoms with Gasteiger partial charge in [0.1, 0.15) is 0 Å². The molecular formula is C16H19N5O2. The predicted octanol–water partition coefficient (Wildman–Crippen LogP) is 2.57. The molecule has 0 unspecified atom stereocenters. The van der Waals surface area contributed by atoms with E-state index >= 15 is 0 Å². The maximum atomic E-state index is 5.39. The van der Waals surface area contributed by atoms with Crippen LogP contribution >= 0.6 is 0 Å². The molecule has 7 heteroatoms. The van der Waals surface area contributed by atoms with Crippen LogP contribution in [0.3, 0.4) is 0 Å². The van der Waals surface area contributed by atoms with Crippen molar-refractivity contribution in [2.75, 3.05) is 17.4 Å². The van der Waals surface area contributed by atoms with E-state index in [0.29, 0.717) is 24.4 Å². The predicted molar refractivity (Wildman–Crippen MR) is 85.6 cm³/mol. The van der Waals surface area contributed by atoms with Gasteiger partial charge in [-0.3, -0.25) is 0 Å². The normalized spacial score (nSPS) is 16.5. The summed E-state index contributed by atoms with van der Waals surface area (Å²) in [6.07, 6.45) is 6.53. The van der Waals surface area contributed by atoms with Gasteiger partial charge in [0.05, 0.1) is 6.20 Å². The lowest BCUT2D eigenvalue weighted by molar-refractivity contribution is 0.174. The third kappa shape index (κ3) is 3.28. The van der Waals surface area contributed by atoms with Crippen molar-refractivity contribution in [3.05, 3.63) is 30.0 Å². The molecule has 0 bridgehead atoms. The Morgan fingerprint density at radius 2 is 2.00 bits per heavy atom. The monoisotopic (exact) mass is 313 g/mol. The van der Waals surface area contributed by atoms with Crippen LogP contribution in [-0.2, 0) is 6.54 Å². The average Bonchev–Trinajstić information content (AvgIpc) is 3.24. The van der Waals surface area contributed by atoms with Crippen molar-refractivity contribution in [2.45, 2.75) is 38.3 Å².